The number of carbonyl (C=O) groups excluding carboxylic acids is 1. The van der Waals surface area contributed by atoms with Gasteiger partial charge in [-0.2, -0.15) is 11.8 Å². The van der Waals surface area contributed by atoms with Crippen molar-refractivity contribution in [1.82, 2.24) is 25.3 Å². The summed E-state index contributed by atoms with van der Waals surface area (Å²) in [5, 5.41) is 3.31. The van der Waals surface area contributed by atoms with Gasteiger partial charge in [0.05, 0.1) is 28.3 Å². The van der Waals surface area contributed by atoms with Crippen LogP contribution in [0.1, 0.15) is 41.6 Å². The number of halogens is 1. The van der Waals surface area contributed by atoms with Crippen LogP contribution in [0.25, 0.3) is 11.0 Å². The standard InChI is InChI=1S/C20H23ClN6OS/c1-29-11-8-16(18-23-14-6-2-3-7-15(14)24-18)25-19(28)17-13(21)12-22-20(26-17)27-9-4-5-10-27/h2-3,6-7,12,16H,4-5,8-11H2,1H3,(H,23,24)(H,25,28)/t16-/m1/s1. The largest absolute Gasteiger partial charge is 0.341 e. The normalized spacial score (nSPS) is 15.0. The number of aromatic amines is 1. The minimum Gasteiger partial charge on any atom is -0.341 e. The number of imidazole rings is 1. The molecule has 1 atom stereocenters. The molecule has 1 saturated heterocycles. The fourth-order valence-corrected chi connectivity index (χ4v) is 4.11. The highest BCUT2D eigenvalue weighted by Gasteiger charge is 2.23. The van der Waals surface area contributed by atoms with Crippen LogP contribution in [0, 0.1) is 0 Å². The fraction of sp³-hybridized carbons (Fsp3) is 0.400. The van der Waals surface area contributed by atoms with E-state index in [-0.39, 0.29) is 22.7 Å². The number of rotatable bonds is 7. The third-order valence-corrected chi connectivity index (χ3v) is 5.91. The molecule has 3 aromatic rings. The summed E-state index contributed by atoms with van der Waals surface area (Å²) in [5.74, 6) is 1.86. The third-order valence-electron chi connectivity index (χ3n) is 4.99. The quantitative estimate of drug-likeness (QED) is 0.592. The van der Waals surface area contributed by atoms with Crippen molar-refractivity contribution < 1.29 is 4.79 Å². The van der Waals surface area contributed by atoms with E-state index in [9.17, 15) is 4.79 Å². The molecule has 0 unspecified atom stereocenters. The smallest absolute Gasteiger partial charge is 0.272 e. The number of nitrogens with one attached hydrogen (secondary N) is 2. The Morgan fingerprint density at radius 2 is 2.10 bits per heavy atom. The molecule has 29 heavy (non-hydrogen) atoms. The molecule has 2 N–H and O–H groups in total. The lowest BCUT2D eigenvalue weighted by Crippen LogP contribution is -2.31. The van der Waals surface area contributed by atoms with Gasteiger partial charge < -0.3 is 15.2 Å². The van der Waals surface area contributed by atoms with Gasteiger partial charge in [-0.25, -0.2) is 15.0 Å². The molecule has 9 heteroatoms. The van der Waals surface area contributed by atoms with Crippen LogP contribution in [0.2, 0.25) is 5.02 Å². The van der Waals surface area contributed by atoms with E-state index >= 15 is 0 Å². The molecule has 0 aliphatic carbocycles. The minimum absolute atomic E-state index is 0.203. The van der Waals surface area contributed by atoms with Crippen LogP contribution >= 0.6 is 23.4 Å². The second-order valence-corrected chi connectivity index (χ2v) is 8.40. The molecule has 0 bridgehead atoms. The molecule has 1 aliphatic heterocycles. The Labute approximate surface area is 178 Å². The zero-order valence-corrected chi connectivity index (χ0v) is 17.8. The predicted molar refractivity (Wildman–Crippen MR) is 118 cm³/mol. The van der Waals surface area contributed by atoms with Crippen molar-refractivity contribution in [3.8, 4) is 0 Å². The van der Waals surface area contributed by atoms with Crippen molar-refractivity contribution in [3.05, 3.63) is 47.0 Å². The maximum absolute atomic E-state index is 13.0. The summed E-state index contributed by atoms with van der Waals surface area (Å²) in [6.45, 7) is 1.80. The van der Waals surface area contributed by atoms with Gasteiger partial charge in [0.2, 0.25) is 5.95 Å². The summed E-state index contributed by atoms with van der Waals surface area (Å²) in [5.41, 5.74) is 2.03. The molecule has 0 spiro atoms. The van der Waals surface area contributed by atoms with Crippen molar-refractivity contribution in [2.24, 2.45) is 0 Å². The number of amides is 1. The van der Waals surface area contributed by atoms with Gasteiger partial charge in [0.15, 0.2) is 5.69 Å². The Balaban J connectivity index is 1.58. The second-order valence-electron chi connectivity index (χ2n) is 7.01. The highest BCUT2D eigenvalue weighted by molar-refractivity contribution is 7.98. The molecule has 3 heterocycles. The van der Waals surface area contributed by atoms with E-state index < -0.39 is 0 Å². The van der Waals surface area contributed by atoms with Crippen LogP contribution in [0.5, 0.6) is 0 Å². The number of thioether (sulfide) groups is 1. The molecule has 2 aromatic heterocycles. The Bertz CT molecular complexity index is 971. The third kappa shape index (κ3) is 4.48. The second kappa shape index (κ2) is 9.00. The van der Waals surface area contributed by atoms with Crippen LogP contribution < -0.4 is 10.2 Å². The maximum Gasteiger partial charge on any atom is 0.272 e. The van der Waals surface area contributed by atoms with E-state index in [1.165, 1.54) is 6.20 Å². The maximum atomic E-state index is 13.0. The predicted octanol–water partition coefficient (Wildman–Crippen LogP) is 3.83. The van der Waals surface area contributed by atoms with Crippen molar-refractivity contribution in [2.75, 3.05) is 30.0 Å². The lowest BCUT2D eigenvalue weighted by atomic mass is 10.2. The molecule has 7 nitrogen and oxygen atoms in total. The summed E-state index contributed by atoms with van der Waals surface area (Å²) in [4.78, 5) is 31.9. The SMILES string of the molecule is CSCC[C@@H](NC(=O)c1nc(N2CCCC2)ncc1Cl)c1nc2ccccc2[nH]1. The number of anilines is 1. The summed E-state index contributed by atoms with van der Waals surface area (Å²) < 4.78 is 0. The Hall–Kier alpha value is -2.32. The monoisotopic (exact) mass is 430 g/mol. The first-order chi connectivity index (χ1) is 14.2. The molecule has 1 aliphatic rings. The highest BCUT2D eigenvalue weighted by Crippen LogP contribution is 2.23. The van der Waals surface area contributed by atoms with Crippen molar-refractivity contribution in [3.63, 3.8) is 0 Å². The Kier molecular flexibility index (Phi) is 6.20. The molecule has 152 valence electrons. The lowest BCUT2D eigenvalue weighted by molar-refractivity contribution is 0.0929. The van der Waals surface area contributed by atoms with Gasteiger partial charge in [-0.05, 0) is 43.4 Å². The van der Waals surface area contributed by atoms with E-state index in [4.69, 9.17) is 11.6 Å². The van der Waals surface area contributed by atoms with Gasteiger partial charge in [-0.1, -0.05) is 23.7 Å². The van der Waals surface area contributed by atoms with E-state index in [1.54, 1.807) is 11.8 Å². The molecule has 1 fully saturated rings. The van der Waals surface area contributed by atoms with Crippen LogP contribution in [-0.2, 0) is 0 Å². The number of hydrogen-bond acceptors (Lipinski definition) is 6. The Morgan fingerprint density at radius 1 is 1.31 bits per heavy atom. The highest BCUT2D eigenvalue weighted by atomic mass is 35.5. The van der Waals surface area contributed by atoms with Gasteiger partial charge in [0.1, 0.15) is 5.82 Å². The number of nitrogens with zero attached hydrogens (tertiary/aromatic N) is 4. The number of aromatic nitrogens is 4. The first kappa shape index (κ1) is 20.0. The van der Waals surface area contributed by atoms with Gasteiger partial charge in [0, 0.05) is 13.1 Å². The van der Waals surface area contributed by atoms with Gasteiger partial charge in [-0.3, -0.25) is 4.79 Å². The molecule has 1 aromatic carbocycles. The number of para-hydroxylation sites is 2. The van der Waals surface area contributed by atoms with Crippen molar-refractivity contribution >= 4 is 46.3 Å². The van der Waals surface area contributed by atoms with Gasteiger partial charge >= 0.3 is 0 Å². The molecule has 0 radical (unpaired) electrons. The molecular weight excluding hydrogens is 408 g/mol. The number of H-pyrrole nitrogens is 1. The summed E-state index contributed by atoms with van der Waals surface area (Å²) in [6.07, 6.45) is 6.51. The van der Waals surface area contributed by atoms with Crippen molar-refractivity contribution in [1.29, 1.82) is 0 Å². The van der Waals surface area contributed by atoms with Crippen molar-refractivity contribution in [2.45, 2.75) is 25.3 Å². The zero-order valence-electron chi connectivity index (χ0n) is 16.2. The average molecular weight is 431 g/mol. The van der Waals surface area contributed by atoms with E-state index in [0.717, 1.165) is 55.0 Å². The summed E-state index contributed by atoms with van der Waals surface area (Å²) >= 11 is 7.99. The first-order valence-corrected chi connectivity index (χ1v) is 11.4. The van der Waals surface area contributed by atoms with Crippen LogP contribution in [0.15, 0.2) is 30.5 Å². The number of carbonyl (C=O) groups is 1. The average Bonchev–Trinajstić information content (AvgIpc) is 3.41. The zero-order chi connectivity index (χ0) is 20.2. The van der Waals surface area contributed by atoms with Crippen LogP contribution in [0.4, 0.5) is 5.95 Å². The molecule has 0 saturated carbocycles. The number of hydrogen-bond donors (Lipinski definition) is 2. The topological polar surface area (TPSA) is 86.8 Å². The molecule has 4 rings (SSSR count). The molecule has 1 amide bonds. The number of benzene rings is 1. The number of fused-ring (bicyclic) bond motifs is 1. The van der Waals surface area contributed by atoms with E-state index in [1.807, 2.05) is 30.5 Å². The molecular formula is C20H23ClN6OS. The first-order valence-electron chi connectivity index (χ1n) is 9.67. The van der Waals surface area contributed by atoms with Crippen LogP contribution in [-0.4, -0.2) is 50.9 Å². The minimum atomic E-state index is -0.315. The van der Waals surface area contributed by atoms with Crippen LogP contribution in [0.3, 0.4) is 0 Å². The fourth-order valence-electron chi connectivity index (χ4n) is 3.46. The van der Waals surface area contributed by atoms with Gasteiger partial charge in [-0.15, -0.1) is 0 Å². The Morgan fingerprint density at radius 3 is 2.86 bits per heavy atom. The summed E-state index contributed by atoms with van der Waals surface area (Å²) in [6, 6.07) is 7.57. The lowest BCUT2D eigenvalue weighted by Gasteiger charge is -2.18. The van der Waals surface area contributed by atoms with E-state index in [0.29, 0.717) is 5.95 Å². The summed E-state index contributed by atoms with van der Waals surface area (Å²) in [7, 11) is 0. The van der Waals surface area contributed by atoms with E-state index in [2.05, 4.69) is 30.2 Å². The van der Waals surface area contributed by atoms with Gasteiger partial charge in [0.25, 0.3) is 5.91 Å².